The van der Waals surface area contributed by atoms with E-state index in [1.807, 2.05) is 0 Å². The summed E-state index contributed by atoms with van der Waals surface area (Å²) < 4.78 is 23.5. The molecule has 0 spiro atoms. The van der Waals surface area contributed by atoms with Crippen LogP contribution < -0.4 is 9.61 Å². The van der Waals surface area contributed by atoms with Gasteiger partial charge in [0.05, 0.1) is 0 Å². The molecule has 0 aliphatic rings. The summed E-state index contributed by atoms with van der Waals surface area (Å²) in [5.41, 5.74) is 0.388. The number of rotatable bonds is 3. The minimum atomic E-state index is -3.82. The fraction of sp³-hybridized carbons (Fsp3) is 0. The van der Waals surface area contributed by atoms with Crippen molar-refractivity contribution in [3.63, 3.8) is 0 Å². The highest BCUT2D eigenvalue weighted by Crippen LogP contribution is 2.05. The fourth-order valence-corrected chi connectivity index (χ4v) is 1.18. The van der Waals surface area contributed by atoms with Crippen LogP contribution in [0.5, 0.6) is 0 Å². The molecule has 0 amide bonds. The Morgan fingerprint density at radius 2 is 1.75 bits per heavy atom. The third-order valence-corrected chi connectivity index (χ3v) is 1.89. The molecule has 0 aromatic heterocycles. The predicted octanol–water partition coefficient (Wildman–Crippen LogP) is 0.322. The average molecular weight is 188 g/mol. The first-order valence-electron chi connectivity index (χ1n) is 3.13. The van der Waals surface area contributed by atoms with Gasteiger partial charge >= 0.3 is 10.2 Å². The molecular weight excluding hydrogens is 180 g/mol. The van der Waals surface area contributed by atoms with Crippen LogP contribution in [0, 0.1) is 0 Å². The van der Waals surface area contributed by atoms with Gasteiger partial charge in [0, 0.05) is 5.69 Å². The van der Waals surface area contributed by atoms with Crippen LogP contribution in [0.4, 0.5) is 5.69 Å². The molecule has 0 unspecified atom stereocenters. The molecule has 5 nitrogen and oxygen atoms in total. The van der Waals surface area contributed by atoms with E-state index in [9.17, 15) is 8.42 Å². The predicted molar refractivity (Wildman–Crippen MR) is 43.9 cm³/mol. The van der Waals surface area contributed by atoms with Gasteiger partial charge in [-0.05, 0) is 12.1 Å². The lowest BCUT2D eigenvalue weighted by molar-refractivity contribution is 0.243. The van der Waals surface area contributed by atoms with Gasteiger partial charge < -0.3 is 5.21 Å². The van der Waals surface area contributed by atoms with Crippen molar-refractivity contribution in [1.29, 1.82) is 0 Å². The Kier molecular flexibility index (Phi) is 2.64. The molecule has 0 saturated carbocycles. The molecule has 0 fully saturated rings. The average Bonchev–Trinajstić information content (AvgIpc) is 2.06. The van der Waals surface area contributed by atoms with Gasteiger partial charge in [-0.25, -0.2) is 0 Å². The highest BCUT2D eigenvalue weighted by Gasteiger charge is 2.05. The largest absolute Gasteiger partial charge is 0.321 e. The zero-order valence-electron chi connectivity index (χ0n) is 6.06. The van der Waals surface area contributed by atoms with Gasteiger partial charge in [-0.3, -0.25) is 4.72 Å². The van der Waals surface area contributed by atoms with Gasteiger partial charge in [0.1, 0.15) is 0 Å². The van der Waals surface area contributed by atoms with Gasteiger partial charge in [0.2, 0.25) is 0 Å². The number of anilines is 1. The number of hydrogen-bond acceptors (Lipinski definition) is 3. The monoisotopic (exact) mass is 188 g/mol. The number of benzene rings is 1. The van der Waals surface area contributed by atoms with Crippen molar-refractivity contribution in [1.82, 2.24) is 4.89 Å². The fourth-order valence-electron chi connectivity index (χ4n) is 0.684. The lowest BCUT2D eigenvalue weighted by Crippen LogP contribution is -2.26. The van der Waals surface area contributed by atoms with Crippen LogP contribution in [-0.2, 0) is 10.2 Å². The van der Waals surface area contributed by atoms with E-state index in [0.717, 1.165) is 4.89 Å². The molecule has 6 heteroatoms. The van der Waals surface area contributed by atoms with E-state index >= 15 is 0 Å². The molecule has 0 radical (unpaired) electrons. The Balaban J connectivity index is 2.78. The van der Waals surface area contributed by atoms with E-state index < -0.39 is 10.2 Å². The summed E-state index contributed by atoms with van der Waals surface area (Å²) in [7, 11) is -3.82. The molecule has 3 N–H and O–H groups in total. The van der Waals surface area contributed by atoms with E-state index in [0.29, 0.717) is 5.69 Å². The summed E-state index contributed by atoms with van der Waals surface area (Å²) >= 11 is 0. The van der Waals surface area contributed by atoms with E-state index in [1.165, 1.54) is 0 Å². The molecule has 0 saturated heterocycles. The first kappa shape index (κ1) is 8.98. The second-order valence-electron chi connectivity index (χ2n) is 2.06. The molecule has 1 aromatic carbocycles. The Morgan fingerprint density at radius 3 is 2.25 bits per heavy atom. The molecule has 12 heavy (non-hydrogen) atoms. The van der Waals surface area contributed by atoms with Crippen LogP contribution in [0.15, 0.2) is 30.3 Å². The molecule has 0 bridgehead atoms. The summed E-state index contributed by atoms with van der Waals surface area (Å²) in [6.45, 7) is 0. The maximum atomic E-state index is 10.7. The summed E-state index contributed by atoms with van der Waals surface area (Å²) in [5.74, 6) is 0. The Labute approximate surface area is 70.2 Å². The standard InChI is InChI=1S/C6H8N2O3S/c9-8-12(10,11)7-6-4-2-1-3-5-6/h1-5,7-9H. The minimum Gasteiger partial charge on any atom is -0.301 e. The summed E-state index contributed by atoms with van der Waals surface area (Å²) in [5, 5.41) is 8.15. The van der Waals surface area contributed by atoms with Crippen LogP contribution in [0.25, 0.3) is 0 Å². The van der Waals surface area contributed by atoms with Gasteiger partial charge in [0.25, 0.3) is 0 Å². The van der Waals surface area contributed by atoms with Crippen LogP contribution in [0.1, 0.15) is 0 Å². The lowest BCUT2D eigenvalue weighted by Gasteiger charge is -2.03. The van der Waals surface area contributed by atoms with Crippen molar-refractivity contribution in [3.8, 4) is 0 Å². The maximum absolute atomic E-state index is 10.7. The molecule has 0 aliphatic heterocycles. The van der Waals surface area contributed by atoms with Crippen molar-refractivity contribution < 1.29 is 13.6 Å². The second kappa shape index (κ2) is 3.53. The van der Waals surface area contributed by atoms with E-state index in [1.54, 1.807) is 30.3 Å². The second-order valence-corrected chi connectivity index (χ2v) is 3.46. The van der Waals surface area contributed by atoms with Gasteiger partial charge in [0.15, 0.2) is 0 Å². The molecule has 1 aromatic rings. The van der Waals surface area contributed by atoms with Gasteiger partial charge in [-0.2, -0.15) is 8.42 Å². The zero-order chi connectivity index (χ0) is 9.03. The van der Waals surface area contributed by atoms with Crippen LogP contribution >= 0.6 is 0 Å². The van der Waals surface area contributed by atoms with Crippen LogP contribution in [-0.4, -0.2) is 13.6 Å². The number of hydrogen-bond donors (Lipinski definition) is 3. The van der Waals surface area contributed by atoms with Crippen LogP contribution in [0.2, 0.25) is 0 Å². The molecule has 0 aliphatic carbocycles. The first-order chi connectivity index (χ1) is 5.64. The minimum absolute atomic E-state index is 0.388. The maximum Gasteiger partial charge on any atom is 0.321 e. The van der Waals surface area contributed by atoms with Crippen LogP contribution in [0.3, 0.4) is 0 Å². The SMILES string of the molecule is O=S(=O)(NO)Nc1ccccc1. The number of nitrogens with one attached hydrogen (secondary N) is 2. The van der Waals surface area contributed by atoms with E-state index in [-0.39, 0.29) is 0 Å². The molecule has 0 heterocycles. The molecule has 1 rings (SSSR count). The Morgan fingerprint density at radius 1 is 1.17 bits per heavy atom. The highest BCUT2D eigenvalue weighted by molar-refractivity contribution is 7.90. The topological polar surface area (TPSA) is 78.4 Å². The molecular formula is C6H8N2O3S. The summed E-state index contributed by atoms with van der Waals surface area (Å²) in [4.78, 5) is 1.15. The smallest absolute Gasteiger partial charge is 0.301 e. The molecule has 66 valence electrons. The highest BCUT2D eigenvalue weighted by atomic mass is 32.2. The third-order valence-electron chi connectivity index (χ3n) is 1.15. The zero-order valence-corrected chi connectivity index (χ0v) is 6.88. The van der Waals surface area contributed by atoms with E-state index in [4.69, 9.17) is 5.21 Å². The van der Waals surface area contributed by atoms with Crippen molar-refractivity contribution in [2.24, 2.45) is 0 Å². The quantitative estimate of drug-likeness (QED) is 0.598. The van der Waals surface area contributed by atoms with E-state index in [2.05, 4.69) is 4.72 Å². The lowest BCUT2D eigenvalue weighted by atomic mass is 10.3. The molecule has 0 atom stereocenters. The van der Waals surface area contributed by atoms with Gasteiger partial charge in [-0.15, -0.1) is 0 Å². The normalized spacial score (nSPS) is 11.1. The Bertz CT molecular complexity index is 335. The van der Waals surface area contributed by atoms with Crippen molar-refractivity contribution >= 4 is 15.9 Å². The first-order valence-corrected chi connectivity index (χ1v) is 4.61. The van der Waals surface area contributed by atoms with Gasteiger partial charge in [-0.1, -0.05) is 23.1 Å². The summed E-state index contributed by atoms with van der Waals surface area (Å²) in [6.07, 6.45) is 0. The van der Waals surface area contributed by atoms with Crippen molar-refractivity contribution in [2.75, 3.05) is 4.72 Å². The van der Waals surface area contributed by atoms with Crippen molar-refractivity contribution in [3.05, 3.63) is 30.3 Å². The number of para-hydroxylation sites is 1. The Hall–Kier alpha value is -1.11. The third kappa shape index (κ3) is 2.50. The summed E-state index contributed by atoms with van der Waals surface area (Å²) in [6, 6.07) is 8.23. The van der Waals surface area contributed by atoms with Crippen molar-refractivity contribution in [2.45, 2.75) is 0 Å².